The molecule has 9 heteroatoms. The van der Waals surface area contributed by atoms with Crippen molar-refractivity contribution in [3.05, 3.63) is 23.5 Å². The second-order valence-corrected chi connectivity index (χ2v) is 6.04. The van der Waals surface area contributed by atoms with Crippen molar-refractivity contribution in [3.8, 4) is 0 Å². The van der Waals surface area contributed by atoms with Crippen molar-refractivity contribution in [2.75, 3.05) is 20.3 Å². The average molecular weight is 322 g/mol. The molecule has 112 valence electrons. The molecule has 1 atom stereocenters. The van der Waals surface area contributed by atoms with Crippen molar-refractivity contribution in [1.82, 2.24) is 15.0 Å². The van der Waals surface area contributed by atoms with Crippen LogP contribution in [0.1, 0.15) is 6.92 Å². The van der Waals surface area contributed by atoms with Crippen molar-refractivity contribution in [3.63, 3.8) is 0 Å². The van der Waals surface area contributed by atoms with Crippen LogP contribution in [0.3, 0.4) is 0 Å². The molecule has 1 rings (SSSR count). The molecule has 0 aliphatic rings. The van der Waals surface area contributed by atoms with E-state index in [1.54, 1.807) is 0 Å². The van der Waals surface area contributed by atoms with Crippen LogP contribution in [-0.2, 0) is 19.6 Å². The summed E-state index contributed by atoms with van der Waals surface area (Å²) in [7, 11) is -2.31. The Morgan fingerprint density at radius 3 is 2.75 bits per heavy atom. The Bertz CT molecular complexity index is 547. The summed E-state index contributed by atoms with van der Waals surface area (Å²) < 4.78 is 31.0. The molecule has 1 amide bonds. The molecule has 2 N–H and O–H groups in total. The molecule has 0 spiro atoms. The zero-order chi connectivity index (χ0) is 15.2. The van der Waals surface area contributed by atoms with Crippen LogP contribution < -0.4 is 10.0 Å². The highest BCUT2D eigenvalue weighted by molar-refractivity contribution is 7.89. The second-order valence-electron chi connectivity index (χ2n) is 3.94. The topological polar surface area (TPSA) is 97.4 Å². The van der Waals surface area contributed by atoms with E-state index in [-0.39, 0.29) is 10.0 Å². The van der Waals surface area contributed by atoms with Gasteiger partial charge in [0, 0.05) is 19.9 Å². The molecule has 1 heterocycles. The number of nitrogens with one attached hydrogen (secondary N) is 2. The van der Waals surface area contributed by atoms with Crippen molar-refractivity contribution in [1.29, 1.82) is 0 Å². The van der Waals surface area contributed by atoms with Gasteiger partial charge in [0.1, 0.15) is 10.0 Å². The fraction of sp³-hybridized carbons (Fsp3) is 0.455. The average Bonchev–Trinajstić information content (AvgIpc) is 2.38. The first-order chi connectivity index (χ1) is 9.36. The molecule has 0 saturated carbocycles. The summed E-state index contributed by atoms with van der Waals surface area (Å²) in [5, 5.41) is 2.73. The van der Waals surface area contributed by atoms with E-state index in [0.717, 1.165) is 6.20 Å². The fourth-order valence-corrected chi connectivity index (χ4v) is 2.56. The number of pyridine rings is 1. The van der Waals surface area contributed by atoms with Gasteiger partial charge in [-0.15, -0.1) is 0 Å². The summed E-state index contributed by atoms with van der Waals surface area (Å²) in [6.07, 6.45) is 1.13. The number of halogens is 1. The van der Waals surface area contributed by atoms with E-state index in [0.29, 0.717) is 13.2 Å². The Kier molecular flexibility index (Phi) is 6.34. The Hall–Kier alpha value is -1.22. The van der Waals surface area contributed by atoms with E-state index in [1.807, 2.05) is 0 Å². The minimum Gasteiger partial charge on any atom is -0.383 e. The Morgan fingerprint density at radius 2 is 2.20 bits per heavy atom. The van der Waals surface area contributed by atoms with Crippen molar-refractivity contribution in [2.24, 2.45) is 0 Å². The summed E-state index contributed by atoms with van der Waals surface area (Å²) in [5.41, 5.74) is 0. The van der Waals surface area contributed by atoms with Crippen LogP contribution in [-0.4, -0.2) is 45.6 Å². The van der Waals surface area contributed by atoms with Gasteiger partial charge in [0.15, 0.2) is 0 Å². The van der Waals surface area contributed by atoms with Crippen molar-refractivity contribution in [2.45, 2.75) is 17.9 Å². The Balaban J connectivity index is 2.66. The predicted molar refractivity (Wildman–Crippen MR) is 73.9 cm³/mol. The molecule has 0 aromatic carbocycles. The predicted octanol–water partition coefficient (Wildman–Crippen LogP) is 0.164. The summed E-state index contributed by atoms with van der Waals surface area (Å²) >= 11 is 5.59. The molecule has 1 unspecified atom stereocenters. The Labute approximate surface area is 122 Å². The maximum Gasteiger partial charge on any atom is 0.242 e. The van der Waals surface area contributed by atoms with E-state index < -0.39 is 22.0 Å². The molecule has 7 nitrogen and oxygen atoms in total. The van der Waals surface area contributed by atoms with Gasteiger partial charge in [-0.1, -0.05) is 11.6 Å². The number of carbonyl (C=O) groups excluding carboxylic acids is 1. The lowest BCUT2D eigenvalue weighted by Gasteiger charge is -2.14. The van der Waals surface area contributed by atoms with Crippen LogP contribution in [0.4, 0.5) is 0 Å². The number of nitrogens with zero attached hydrogens (tertiary/aromatic N) is 1. The van der Waals surface area contributed by atoms with Gasteiger partial charge in [-0.2, -0.15) is 4.72 Å². The monoisotopic (exact) mass is 321 g/mol. The number of hydrogen-bond donors (Lipinski definition) is 2. The van der Waals surface area contributed by atoms with Crippen LogP contribution in [0.2, 0.25) is 5.15 Å². The summed E-state index contributed by atoms with van der Waals surface area (Å²) in [4.78, 5) is 15.3. The molecule has 1 aromatic rings. The number of aromatic nitrogens is 1. The molecule has 0 fully saturated rings. The van der Waals surface area contributed by atoms with Gasteiger partial charge in [-0.3, -0.25) is 4.79 Å². The smallest absolute Gasteiger partial charge is 0.242 e. The number of amides is 1. The van der Waals surface area contributed by atoms with Gasteiger partial charge in [-0.05, 0) is 19.1 Å². The van der Waals surface area contributed by atoms with E-state index >= 15 is 0 Å². The maximum absolute atomic E-state index is 12.0. The number of methoxy groups -OCH3 is 1. The van der Waals surface area contributed by atoms with Gasteiger partial charge < -0.3 is 10.1 Å². The maximum atomic E-state index is 12.0. The number of sulfonamides is 1. The zero-order valence-corrected chi connectivity index (χ0v) is 12.7. The summed E-state index contributed by atoms with van der Waals surface area (Å²) in [6.45, 7) is 2.11. The highest BCUT2D eigenvalue weighted by Crippen LogP contribution is 2.11. The molecule has 1 aromatic heterocycles. The van der Waals surface area contributed by atoms with E-state index in [1.165, 1.54) is 26.2 Å². The first kappa shape index (κ1) is 16.8. The van der Waals surface area contributed by atoms with Crippen molar-refractivity contribution >= 4 is 27.5 Å². The SMILES string of the molecule is COCCNC(=O)C(C)NS(=O)(=O)c1ccc(Cl)nc1. The first-order valence-corrected chi connectivity index (χ1v) is 7.63. The molecular weight excluding hydrogens is 306 g/mol. The van der Waals surface area contributed by atoms with Gasteiger partial charge in [0.2, 0.25) is 15.9 Å². The van der Waals surface area contributed by atoms with Gasteiger partial charge in [0.05, 0.1) is 12.6 Å². The second kappa shape index (κ2) is 7.53. The molecular formula is C11H16ClN3O4S. The third-order valence-corrected chi connectivity index (χ3v) is 4.09. The zero-order valence-electron chi connectivity index (χ0n) is 11.1. The third-order valence-electron chi connectivity index (χ3n) is 2.34. The largest absolute Gasteiger partial charge is 0.383 e. The van der Waals surface area contributed by atoms with Gasteiger partial charge in [-0.25, -0.2) is 13.4 Å². The highest BCUT2D eigenvalue weighted by Gasteiger charge is 2.21. The molecule has 0 radical (unpaired) electrons. The normalized spacial score (nSPS) is 12.9. The van der Waals surface area contributed by atoms with Crippen LogP contribution in [0.5, 0.6) is 0 Å². The minimum atomic E-state index is -3.82. The van der Waals surface area contributed by atoms with Crippen LogP contribution in [0.15, 0.2) is 23.2 Å². The summed E-state index contributed by atoms with van der Waals surface area (Å²) in [6, 6.07) is 1.76. The standard InChI is InChI=1S/C11H16ClN3O4S/c1-8(11(16)13-5-6-19-2)15-20(17,18)9-3-4-10(12)14-7-9/h3-4,7-8,15H,5-6H2,1-2H3,(H,13,16). The first-order valence-electron chi connectivity index (χ1n) is 5.77. The number of rotatable bonds is 7. The van der Waals surface area contributed by atoms with Crippen molar-refractivity contribution < 1.29 is 17.9 Å². The van der Waals surface area contributed by atoms with E-state index in [4.69, 9.17) is 16.3 Å². The van der Waals surface area contributed by atoms with Crippen LogP contribution >= 0.6 is 11.6 Å². The lowest BCUT2D eigenvalue weighted by Crippen LogP contribution is -2.45. The fourth-order valence-electron chi connectivity index (χ4n) is 1.30. The lowest BCUT2D eigenvalue weighted by molar-refractivity contribution is -0.122. The van der Waals surface area contributed by atoms with Crippen LogP contribution in [0.25, 0.3) is 0 Å². The van der Waals surface area contributed by atoms with Gasteiger partial charge >= 0.3 is 0 Å². The molecule has 0 bridgehead atoms. The molecule has 0 aliphatic heterocycles. The highest BCUT2D eigenvalue weighted by atomic mass is 35.5. The third kappa shape index (κ3) is 5.04. The number of ether oxygens (including phenoxy) is 1. The number of hydrogen-bond acceptors (Lipinski definition) is 5. The van der Waals surface area contributed by atoms with E-state index in [2.05, 4.69) is 15.0 Å². The summed E-state index contributed by atoms with van der Waals surface area (Å²) in [5.74, 6) is -0.437. The quantitative estimate of drug-likeness (QED) is 0.551. The molecule has 20 heavy (non-hydrogen) atoms. The number of carbonyl (C=O) groups is 1. The minimum absolute atomic E-state index is 0.0570. The van der Waals surface area contributed by atoms with Crippen LogP contribution in [0, 0.1) is 0 Å². The van der Waals surface area contributed by atoms with Gasteiger partial charge in [0.25, 0.3) is 0 Å². The Morgan fingerprint density at radius 1 is 1.50 bits per heavy atom. The molecule has 0 saturated heterocycles. The lowest BCUT2D eigenvalue weighted by atomic mass is 10.3. The molecule has 0 aliphatic carbocycles. The van der Waals surface area contributed by atoms with E-state index in [9.17, 15) is 13.2 Å².